The summed E-state index contributed by atoms with van der Waals surface area (Å²) in [5.74, 6) is 0.0430. The molecule has 1 aromatic rings. The van der Waals surface area contributed by atoms with Crippen LogP contribution in [0.1, 0.15) is 12.6 Å². The second kappa shape index (κ2) is 3.65. The maximum Gasteiger partial charge on any atom is 0.161 e. The van der Waals surface area contributed by atoms with E-state index in [1.165, 1.54) is 6.08 Å². The van der Waals surface area contributed by atoms with Crippen LogP contribution in [0.4, 0.5) is 0 Å². The van der Waals surface area contributed by atoms with Crippen LogP contribution in [0.25, 0.3) is 0 Å². The average molecular weight is 151 g/mol. The summed E-state index contributed by atoms with van der Waals surface area (Å²) >= 11 is 0. The number of carbonyl (C=O) groups excluding carboxylic acids is 1. The molecule has 0 aliphatic carbocycles. The molecule has 0 amide bonds. The van der Waals surface area contributed by atoms with Crippen LogP contribution in [0.3, 0.4) is 0 Å². The van der Waals surface area contributed by atoms with Gasteiger partial charge in [-0.1, -0.05) is 11.3 Å². The molecule has 0 spiro atoms. The molecule has 58 valence electrons. The van der Waals surface area contributed by atoms with Crippen molar-refractivity contribution in [3.63, 3.8) is 0 Å². The fourth-order valence-corrected chi connectivity index (χ4v) is 0.735. The van der Waals surface area contributed by atoms with E-state index in [4.69, 9.17) is 0 Å². The Labute approximate surface area is 64.3 Å². The van der Waals surface area contributed by atoms with Gasteiger partial charge >= 0.3 is 0 Å². The maximum atomic E-state index is 10.9. The van der Waals surface area contributed by atoms with Gasteiger partial charge in [0.15, 0.2) is 5.78 Å². The third-order valence-corrected chi connectivity index (χ3v) is 1.18. The van der Waals surface area contributed by atoms with Gasteiger partial charge in [0.25, 0.3) is 0 Å². The molecule has 0 aliphatic rings. The molecule has 0 radical (unpaired) electrons. The lowest BCUT2D eigenvalue weighted by Crippen LogP contribution is -1.98. The highest BCUT2D eigenvalue weighted by molar-refractivity contribution is 5.90. The largest absolute Gasteiger partial charge is 0.294 e. The Kier molecular flexibility index (Phi) is 2.54. The minimum atomic E-state index is 0.0430. The summed E-state index contributed by atoms with van der Waals surface area (Å²) in [5, 5.41) is 9.70. The van der Waals surface area contributed by atoms with Crippen molar-refractivity contribution in [1.82, 2.24) is 15.4 Å². The van der Waals surface area contributed by atoms with Gasteiger partial charge in [-0.05, 0) is 13.0 Å². The number of aromatic nitrogens is 3. The Bertz CT molecular complexity index is 251. The van der Waals surface area contributed by atoms with Crippen LogP contribution in [0.15, 0.2) is 18.3 Å². The van der Waals surface area contributed by atoms with Gasteiger partial charge < -0.3 is 0 Å². The highest BCUT2D eigenvalue weighted by Crippen LogP contribution is 1.92. The molecule has 11 heavy (non-hydrogen) atoms. The highest BCUT2D eigenvalue weighted by Gasteiger charge is 2.00. The summed E-state index contributed by atoms with van der Waals surface area (Å²) < 4.78 is 0. The second-order valence-electron chi connectivity index (χ2n) is 2.11. The fourth-order valence-electron chi connectivity index (χ4n) is 0.735. The van der Waals surface area contributed by atoms with Gasteiger partial charge in [-0.15, -0.1) is 5.10 Å². The Hall–Kier alpha value is -1.45. The SMILES string of the molecule is C/C=C/C(=O)Cc1c[nH]nn1. The van der Waals surface area contributed by atoms with Crippen molar-refractivity contribution in [3.05, 3.63) is 24.0 Å². The number of hydrogen-bond donors (Lipinski definition) is 1. The Morgan fingerprint density at radius 3 is 3.18 bits per heavy atom. The fraction of sp³-hybridized carbons (Fsp3) is 0.286. The third kappa shape index (κ3) is 2.33. The zero-order chi connectivity index (χ0) is 8.10. The first-order valence-corrected chi connectivity index (χ1v) is 3.34. The van der Waals surface area contributed by atoms with Gasteiger partial charge in [-0.2, -0.15) is 0 Å². The molecule has 0 aliphatic heterocycles. The maximum absolute atomic E-state index is 10.9. The molecule has 0 bridgehead atoms. The molecule has 0 saturated carbocycles. The van der Waals surface area contributed by atoms with Crippen molar-refractivity contribution in [2.24, 2.45) is 0 Å². The van der Waals surface area contributed by atoms with Crippen molar-refractivity contribution < 1.29 is 4.79 Å². The molecular weight excluding hydrogens is 142 g/mol. The zero-order valence-electron chi connectivity index (χ0n) is 6.24. The molecule has 0 fully saturated rings. The minimum absolute atomic E-state index is 0.0430. The predicted molar refractivity (Wildman–Crippen MR) is 39.9 cm³/mol. The van der Waals surface area contributed by atoms with Crippen LogP contribution in [-0.2, 0) is 11.2 Å². The molecule has 0 aromatic carbocycles. The van der Waals surface area contributed by atoms with Crippen molar-refractivity contribution in [1.29, 1.82) is 0 Å². The summed E-state index contributed by atoms with van der Waals surface area (Å²) in [6.07, 6.45) is 5.17. The van der Waals surface area contributed by atoms with Crippen LogP contribution in [-0.4, -0.2) is 21.2 Å². The van der Waals surface area contributed by atoms with E-state index < -0.39 is 0 Å². The summed E-state index contributed by atoms with van der Waals surface area (Å²) in [6.45, 7) is 1.81. The highest BCUT2D eigenvalue weighted by atomic mass is 16.1. The average Bonchev–Trinajstić information content (AvgIpc) is 2.40. The topological polar surface area (TPSA) is 58.6 Å². The molecular formula is C7H9N3O. The number of allylic oxidation sites excluding steroid dienone is 2. The van der Waals surface area contributed by atoms with Gasteiger partial charge in [-0.25, -0.2) is 0 Å². The lowest BCUT2D eigenvalue weighted by Gasteiger charge is -1.86. The van der Waals surface area contributed by atoms with E-state index in [0.717, 1.165) is 0 Å². The van der Waals surface area contributed by atoms with Crippen molar-refractivity contribution in [2.75, 3.05) is 0 Å². The molecule has 0 atom stereocenters. The quantitative estimate of drug-likeness (QED) is 0.639. The molecule has 0 unspecified atom stereocenters. The number of hydrogen-bond acceptors (Lipinski definition) is 3. The van der Waals surface area contributed by atoms with Crippen molar-refractivity contribution in [2.45, 2.75) is 13.3 Å². The van der Waals surface area contributed by atoms with E-state index in [0.29, 0.717) is 12.1 Å². The van der Waals surface area contributed by atoms with Crippen LogP contribution in [0, 0.1) is 0 Å². The van der Waals surface area contributed by atoms with Gasteiger partial charge in [0.2, 0.25) is 0 Å². The van der Waals surface area contributed by atoms with E-state index >= 15 is 0 Å². The van der Waals surface area contributed by atoms with Crippen LogP contribution in [0.2, 0.25) is 0 Å². The zero-order valence-corrected chi connectivity index (χ0v) is 6.24. The Morgan fingerprint density at radius 2 is 2.64 bits per heavy atom. The van der Waals surface area contributed by atoms with Crippen LogP contribution < -0.4 is 0 Å². The standard InChI is InChI=1S/C7H9N3O/c1-2-3-7(11)4-6-5-8-10-9-6/h2-3,5H,4H2,1H3,(H,8,9,10)/b3-2+. The van der Waals surface area contributed by atoms with Gasteiger partial charge in [0.1, 0.15) is 0 Å². The van der Waals surface area contributed by atoms with Crippen LogP contribution in [0.5, 0.6) is 0 Å². The number of carbonyl (C=O) groups is 1. The lowest BCUT2D eigenvalue weighted by molar-refractivity contribution is -0.114. The lowest BCUT2D eigenvalue weighted by atomic mass is 10.2. The van der Waals surface area contributed by atoms with E-state index in [1.807, 2.05) is 0 Å². The number of aromatic amines is 1. The molecule has 1 N–H and O–H groups in total. The summed E-state index contributed by atoms with van der Waals surface area (Å²) in [5.41, 5.74) is 0.674. The van der Waals surface area contributed by atoms with Gasteiger partial charge in [-0.3, -0.25) is 9.89 Å². The molecule has 4 heteroatoms. The van der Waals surface area contributed by atoms with Crippen molar-refractivity contribution >= 4 is 5.78 Å². The van der Waals surface area contributed by atoms with Crippen LogP contribution >= 0.6 is 0 Å². The Morgan fingerprint density at radius 1 is 1.82 bits per heavy atom. The smallest absolute Gasteiger partial charge is 0.161 e. The van der Waals surface area contributed by atoms with E-state index in [-0.39, 0.29) is 5.78 Å². The first-order valence-electron chi connectivity index (χ1n) is 3.34. The number of ketones is 1. The summed E-state index contributed by atoms with van der Waals surface area (Å²) in [4.78, 5) is 10.9. The number of rotatable bonds is 3. The summed E-state index contributed by atoms with van der Waals surface area (Å²) in [7, 11) is 0. The number of nitrogens with zero attached hydrogens (tertiary/aromatic N) is 2. The second-order valence-corrected chi connectivity index (χ2v) is 2.11. The first kappa shape index (κ1) is 7.65. The van der Waals surface area contributed by atoms with Crippen molar-refractivity contribution in [3.8, 4) is 0 Å². The number of H-pyrrole nitrogens is 1. The molecule has 1 heterocycles. The third-order valence-electron chi connectivity index (χ3n) is 1.18. The number of nitrogens with one attached hydrogen (secondary N) is 1. The first-order chi connectivity index (χ1) is 5.33. The molecule has 1 rings (SSSR count). The normalized spacial score (nSPS) is 10.6. The van der Waals surface area contributed by atoms with Gasteiger partial charge in [0.05, 0.1) is 12.1 Å². The summed E-state index contributed by atoms with van der Waals surface area (Å²) in [6, 6.07) is 0. The van der Waals surface area contributed by atoms with E-state index in [9.17, 15) is 4.79 Å². The van der Waals surface area contributed by atoms with E-state index in [1.54, 1.807) is 19.2 Å². The Balaban J connectivity index is 2.50. The molecule has 0 saturated heterocycles. The molecule has 4 nitrogen and oxygen atoms in total. The monoisotopic (exact) mass is 151 g/mol. The molecule has 1 aromatic heterocycles. The van der Waals surface area contributed by atoms with E-state index in [2.05, 4.69) is 15.4 Å². The predicted octanol–water partition coefficient (Wildman–Crippen LogP) is 0.492. The minimum Gasteiger partial charge on any atom is -0.294 e. The van der Waals surface area contributed by atoms with Gasteiger partial charge in [0, 0.05) is 6.20 Å².